The predicted octanol–water partition coefficient (Wildman–Crippen LogP) is 2.33. The molecule has 0 bridgehead atoms. The van der Waals surface area contributed by atoms with Gasteiger partial charge in [-0.25, -0.2) is 19.3 Å². The topological polar surface area (TPSA) is 105 Å². The highest BCUT2D eigenvalue weighted by Crippen LogP contribution is 2.18. The lowest BCUT2D eigenvalue weighted by atomic mass is 10.1. The number of carboxylic acids is 2. The standard InChI is InChI=1S/C16H11N3O4/c20-15(21)10-4-6-13(7-5-10)19-9-17-14(18-19)11-2-1-3-12(8-11)16(22)23/h1-9H,(H,20,21)(H,22,23). The van der Waals surface area contributed by atoms with Gasteiger partial charge >= 0.3 is 11.9 Å². The number of rotatable bonds is 4. The molecule has 23 heavy (non-hydrogen) atoms. The summed E-state index contributed by atoms with van der Waals surface area (Å²) in [6.45, 7) is 0. The van der Waals surface area contributed by atoms with E-state index in [2.05, 4.69) is 10.1 Å². The van der Waals surface area contributed by atoms with Crippen LogP contribution in [0.15, 0.2) is 54.9 Å². The van der Waals surface area contributed by atoms with E-state index in [4.69, 9.17) is 10.2 Å². The quantitative estimate of drug-likeness (QED) is 0.766. The molecule has 0 aliphatic rings. The van der Waals surface area contributed by atoms with E-state index in [9.17, 15) is 9.59 Å². The minimum Gasteiger partial charge on any atom is -0.478 e. The lowest BCUT2D eigenvalue weighted by Crippen LogP contribution is -1.99. The molecule has 0 amide bonds. The summed E-state index contributed by atoms with van der Waals surface area (Å²) in [5.41, 5.74) is 1.59. The van der Waals surface area contributed by atoms with E-state index in [-0.39, 0.29) is 11.1 Å². The Morgan fingerprint density at radius 2 is 1.61 bits per heavy atom. The maximum Gasteiger partial charge on any atom is 0.335 e. The highest BCUT2D eigenvalue weighted by atomic mass is 16.4. The van der Waals surface area contributed by atoms with Crippen molar-refractivity contribution in [1.29, 1.82) is 0 Å². The number of nitrogens with zero attached hydrogens (tertiary/aromatic N) is 3. The summed E-state index contributed by atoms with van der Waals surface area (Å²) >= 11 is 0. The lowest BCUT2D eigenvalue weighted by molar-refractivity contribution is 0.0686. The minimum absolute atomic E-state index is 0.157. The van der Waals surface area contributed by atoms with Crippen molar-refractivity contribution in [2.45, 2.75) is 0 Å². The van der Waals surface area contributed by atoms with Gasteiger partial charge in [0, 0.05) is 5.56 Å². The maximum atomic E-state index is 11.0. The van der Waals surface area contributed by atoms with E-state index in [1.165, 1.54) is 35.3 Å². The van der Waals surface area contributed by atoms with Crippen LogP contribution in [0.4, 0.5) is 0 Å². The predicted molar refractivity (Wildman–Crippen MR) is 80.7 cm³/mol. The van der Waals surface area contributed by atoms with E-state index in [1.54, 1.807) is 24.3 Å². The Labute approximate surface area is 130 Å². The molecule has 2 aromatic carbocycles. The monoisotopic (exact) mass is 309 g/mol. The Morgan fingerprint density at radius 3 is 2.26 bits per heavy atom. The van der Waals surface area contributed by atoms with Gasteiger partial charge in [-0.1, -0.05) is 12.1 Å². The zero-order valence-corrected chi connectivity index (χ0v) is 11.7. The molecule has 3 aromatic rings. The van der Waals surface area contributed by atoms with E-state index in [1.807, 2.05) is 0 Å². The van der Waals surface area contributed by atoms with Crippen LogP contribution in [0.1, 0.15) is 20.7 Å². The summed E-state index contributed by atoms with van der Waals surface area (Å²) in [5.74, 6) is -1.63. The molecular weight excluding hydrogens is 298 g/mol. The van der Waals surface area contributed by atoms with Gasteiger partial charge in [-0.05, 0) is 36.4 Å². The third kappa shape index (κ3) is 2.93. The molecule has 7 nitrogen and oxygen atoms in total. The Bertz CT molecular complexity index is 884. The van der Waals surface area contributed by atoms with Crippen molar-refractivity contribution in [2.75, 3.05) is 0 Å². The third-order valence-electron chi connectivity index (χ3n) is 3.24. The van der Waals surface area contributed by atoms with Crippen molar-refractivity contribution in [1.82, 2.24) is 14.8 Å². The first kappa shape index (κ1) is 14.5. The van der Waals surface area contributed by atoms with Gasteiger partial charge in [-0.15, -0.1) is 5.10 Å². The zero-order valence-electron chi connectivity index (χ0n) is 11.7. The first-order chi connectivity index (χ1) is 11.0. The Kier molecular flexibility index (Phi) is 3.60. The molecule has 0 atom stereocenters. The van der Waals surface area contributed by atoms with Crippen molar-refractivity contribution in [3.63, 3.8) is 0 Å². The summed E-state index contributed by atoms with van der Waals surface area (Å²) in [6, 6.07) is 12.5. The molecule has 0 saturated carbocycles. The highest BCUT2D eigenvalue weighted by Gasteiger charge is 2.09. The molecule has 0 aliphatic carbocycles. The van der Waals surface area contributed by atoms with Crippen LogP contribution >= 0.6 is 0 Å². The summed E-state index contributed by atoms with van der Waals surface area (Å²) in [5, 5.41) is 22.2. The number of aromatic carboxylic acids is 2. The Morgan fingerprint density at radius 1 is 0.913 bits per heavy atom. The molecule has 0 fully saturated rings. The van der Waals surface area contributed by atoms with Gasteiger partial charge in [0.1, 0.15) is 6.33 Å². The molecule has 3 rings (SSSR count). The van der Waals surface area contributed by atoms with Crippen LogP contribution in [-0.2, 0) is 0 Å². The largest absolute Gasteiger partial charge is 0.478 e. The molecular formula is C16H11N3O4. The molecule has 1 aromatic heterocycles. The van der Waals surface area contributed by atoms with Crippen molar-refractivity contribution < 1.29 is 19.8 Å². The lowest BCUT2D eigenvalue weighted by Gasteiger charge is -2.01. The van der Waals surface area contributed by atoms with Gasteiger partial charge in [-0.2, -0.15) is 0 Å². The molecule has 0 saturated heterocycles. The second-order valence-electron chi connectivity index (χ2n) is 4.75. The normalized spacial score (nSPS) is 10.4. The van der Waals surface area contributed by atoms with Crippen molar-refractivity contribution in [2.24, 2.45) is 0 Å². The summed E-state index contributed by atoms with van der Waals surface area (Å²) in [6.07, 6.45) is 1.48. The number of hydrogen-bond acceptors (Lipinski definition) is 4. The number of hydrogen-bond donors (Lipinski definition) is 2. The average Bonchev–Trinajstić information content (AvgIpc) is 3.05. The SMILES string of the molecule is O=C(O)c1ccc(-n2cnc(-c3cccc(C(=O)O)c3)n2)cc1. The van der Waals surface area contributed by atoms with Crippen LogP contribution in [0.2, 0.25) is 0 Å². The molecule has 114 valence electrons. The van der Waals surface area contributed by atoms with Crippen LogP contribution < -0.4 is 0 Å². The Hall–Kier alpha value is -3.48. The number of carbonyl (C=O) groups is 2. The van der Waals surface area contributed by atoms with Crippen LogP contribution in [0.25, 0.3) is 17.1 Å². The minimum atomic E-state index is -1.02. The molecule has 0 radical (unpaired) electrons. The summed E-state index contributed by atoms with van der Waals surface area (Å²) in [4.78, 5) is 26.0. The van der Waals surface area contributed by atoms with E-state index >= 15 is 0 Å². The van der Waals surface area contributed by atoms with Gasteiger partial charge in [0.25, 0.3) is 0 Å². The van der Waals surface area contributed by atoms with E-state index in [0.29, 0.717) is 17.1 Å². The van der Waals surface area contributed by atoms with Crippen molar-refractivity contribution in [3.05, 3.63) is 66.0 Å². The second-order valence-corrected chi connectivity index (χ2v) is 4.75. The van der Waals surface area contributed by atoms with Gasteiger partial charge in [0.05, 0.1) is 16.8 Å². The number of benzene rings is 2. The fourth-order valence-corrected chi connectivity index (χ4v) is 2.07. The second kappa shape index (κ2) is 5.72. The van der Waals surface area contributed by atoms with Gasteiger partial charge in [0.2, 0.25) is 0 Å². The van der Waals surface area contributed by atoms with Crippen LogP contribution in [-0.4, -0.2) is 36.9 Å². The van der Waals surface area contributed by atoms with Crippen LogP contribution in [0.5, 0.6) is 0 Å². The molecule has 7 heteroatoms. The number of aromatic nitrogens is 3. The summed E-state index contributed by atoms with van der Waals surface area (Å²) in [7, 11) is 0. The number of carboxylic acid groups (broad SMARTS) is 2. The molecule has 0 unspecified atom stereocenters. The molecule has 0 aliphatic heterocycles. The fraction of sp³-hybridized carbons (Fsp3) is 0. The smallest absolute Gasteiger partial charge is 0.335 e. The van der Waals surface area contributed by atoms with E-state index < -0.39 is 11.9 Å². The first-order valence-electron chi connectivity index (χ1n) is 6.64. The van der Waals surface area contributed by atoms with Gasteiger partial charge in [0.15, 0.2) is 5.82 Å². The van der Waals surface area contributed by atoms with Crippen molar-refractivity contribution >= 4 is 11.9 Å². The van der Waals surface area contributed by atoms with Crippen LogP contribution in [0.3, 0.4) is 0 Å². The zero-order chi connectivity index (χ0) is 16.4. The van der Waals surface area contributed by atoms with E-state index in [0.717, 1.165) is 0 Å². The average molecular weight is 309 g/mol. The highest BCUT2D eigenvalue weighted by molar-refractivity contribution is 5.89. The van der Waals surface area contributed by atoms with Gasteiger partial charge < -0.3 is 10.2 Å². The fourth-order valence-electron chi connectivity index (χ4n) is 2.07. The van der Waals surface area contributed by atoms with Gasteiger partial charge in [-0.3, -0.25) is 0 Å². The van der Waals surface area contributed by atoms with Crippen molar-refractivity contribution in [3.8, 4) is 17.1 Å². The Balaban J connectivity index is 1.92. The molecule has 1 heterocycles. The first-order valence-corrected chi connectivity index (χ1v) is 6.64. The van der Waals surface area contributed by atoms with Crippen LogP contribution in [0, 0.1) is 0 Å². The summed E-state index contributed by atoms with van der Waals surface area (Å²) < 4.78 is 1.49. The third-order valence-corrected chi connectivity index (χ3v) is 3.24. The molecule has 0 spiro atoms. The maximum absolute atomic E-state index is 11.0. The molecule has 2 N–H and O–H groups in total.